The first-order valence-electron chi connectivity index (χ1n) is 4.19. The summed E-state index contributed by atoms with van der Waals surface area (Å²) in [5.41, 5.74) is 0. The maximum Gasteiger partial charge on any atom is 0.0116 e. The molecule has 0 saturated carbocycles. The molecule has 0 aromatic heterocycles. The van der Waals surface area contributed by atoms with Crippen LogP contribution in [0.3, 0.4) is 0 Å². The van der Waals surface area contributed by atoms with Gasteiger partial charge < -0.3 is 4.90 Å². The first-order chi connectivity index (χ1) is 4.79. The van der Waals surface area contributed by atoms with Gasteiger partial charge in [-0.15, -0.1) is 12.4 Å². The normalized spacial score (nSPS) is 22.4. The summed E-state index contributed by atoms with van der Waals surface area (Å²) >= 11 is 4.37. The van der Waals surface area contributed by atoms with Crippen LogP contribution in [0.15, 0.2) is 0 Å². The van der Waals surface area contributed by atoms with Gasteiger partial charge in [0, 0.05) is 11.8 Å². The fourth-order valence-corrected chi connectivity index (χ4v) is 1.75. The summed E-state index contributed by atoms with van der Waals surface area (Å²) in [7, 11) is 0. The lowest BCUT2D eigenvalue weighted by Crippen LogP contribution is -2.33. The number of rotatable bonds is 2. The van der Waals surface area contributed by atoms with Gasteiger partial charge in [0.25, 0.3) is 0 Å². The monoisotopic (exact) mass is 195 g/mol. The van der Waals surface area contributed by atoms with E-state index in [4.69, 9.17) is 0 Å². The minimum atomic E-state index is 0. The predicted octanol–water partition coefficient (Wildman–Crippen LogP) is 2.21. The number of nitrogens with zero attached hydrogens (tertiary/aromatic N) is 1. The van der Waals surface area contributed by atoms with Gasteiger partial charge in [0.1, 0.15) is 0 Å². The van der Waals surface area contributed by atoms with E-state index in [1.54, 1.807) is 0 Å². The highest BCUT2D eigenvalue weighted by molar-refractivity contribution is 7.80. The lowest BCUT2D eigenvalue weighted by Gasteiger charge is -2.27. The van der Waals surface area contributed by atoms with Crippen LogP contribution in [-0.4, -0.2) is 29.8 Å². The van der Waals surface area contributed by atoms with Crippen LogP contribution in [0, 0.1) is 0 Å². The Hall–Kier alpha value is 0.600. The Morgan fingerprint density at radius 1 is 1.27 bits per heavy atom. The van der Waals surface area contributed by atoms with Gasteiger partial charge in [0.2, 0.25) is 0 Å². The van der Waals surface area contributed by atoms with Gasteiger partial charge in [-0.25, -0.2) is 0 Å². The standard InChI is InChI=1S/C8H17NS.ClH/c1-8(10)7-9-5-3-2-4-6-9;/h8,10H,2-7H2,1H3;1H. The van der Waals surface area contributed by atoms with Crippen molar-refractivity contribution in [3.05, 3.63) is 0 Å². The summed E-state index contributed by atoms with van der Waals surface area (Å²) < 4.78 is 0. The molecule has 0 N–H and O–H groups in total. The molecule has 3 heteroatoms. The van der Waals surface area contributed by atoms with Crippen LogP contribution in [0.5, 0.6) is 0 Å². The number of hydrogen-bond acceptors (Lipinski definition) is 2. The molecule has 1 heterocycles. The minimum Gasteiger partial charge on any atom is -0.302 e. The zero-order valence-corrected chi connectivity index (χ0v) is 8.83. The quantitative estimate of drug-likeness (QED) is 0.662. The van der Waals surface area contributed by atoms with E-state index in [0.29, 0.717) is 5.25 Å². The molecule has 0 bridgehead atoms. The van der Waals surface area contributed by atoms with Crippen LogP contribution in [0.4, 0.5) is 0 Å². The number of halogens is 1. The van der Waals surface area contributed by atoms with E-state index in [1.165, 1.54) is 38.9 Å². The Kier molecular flexibility index (Phi) is 6.49. The van der Waals surface area contributed by atoms with E-state index < -0.39 is 0 Å². The molecule has 0 radical (unpaired) electrons. The number of hydrogen-bond donors (Lipinski definition) is 1. The zero-order valence-electron chi connectivity index (χ0n) is 7.12. The molecule has 1 aliphatic rings. The Morgan fingerprint density at radius 3 is 2.27 bits per heavy atom. The van der Waals surface area contributed by atoms with Crippen molar-refractivity contribution >= 4 is 25.0 Å². The molecule has 0 spiro atoms. The van der Waals surface area contributed by atoms with Gasteiger partial charge in [0.05, 0.1) is 0 Å². The van der Waals surface area contributed by atoms with Crippen molar-refractivity contribution in [3.8, 4) is 0 Å². The summed E-state index contributed by atoms with van der Waals surface area (Å²) in [6.07, 6.45) is 4.21. The summed E-state index contributed by atoms with van der Waals surface area (Å²) in [6, 6.07) is 0. The highest BCUT2D eigenvalue weighted by atomic mass is 35.5. The second kappa shape index (κ2) is 6.15. The summed E-state index contributed by atoms with van der Waals surface area (Å²) in [4.78, 5) is 2.52. The Bertz CT molecular complexity index is 92.1. The van der Waals surface area contributed by atoms with Gasteiger partial charge in [-0.2, -0.15) is 12.6 Å². The summed E-state index contributed by atoms with van der Waals surface area (Å²) in [6.45, 7) is 5.93. The van der Waals surface area contributed by atoms with Crippen LogP contribution < -0.4 is 0 Å². The Balaban J connectivity index is 0.000001000. The molecule has 0 aliphatic carbocycles. The molecule has 68 valence electrons. The van der Waals surface area contributed by atoms with Crippen LogP contribution in [0.1, 0.15) is 26.2 Å². The second-order valence-corrected chi connectivity index (χ2v) is 4.09. The van der Waals surface area contributed by atoms with Crippen LogP contribution in [0.2, 0.25) is 0 Å². The second-order valence-electron chi connectivity index (χ2n) is 3.21. The third-order valence-corrected chi connectivity index (χ3v) is 2.13. The van der Waals surface area contributed by atoms with Crippen molar-refractivity contribution in [2.75, 3.05) is 19.6 Å². The summed E-state index contributed by atoms with van der Waals surface area (Å²) in [5.74, 6) is 0. The molecule has 1 fully saturated rings. The van der Waals surface area contributed by atoms with Crippen LogP contribution >= 0.6 is 25.0 Å². The topological polar surface area (TPSA) is 3.24 Å². The predicted molar refractivity (Wildman–Crippen MR) is 56.0 cm³/mol. The lowest BCUT2D eigenvalue weighted by atomic mass is 10.1. The smallest absolute Gasteiger partial charge is 0.0116 e. The Morgan fingerprint density at radius 2 is 1.82 bits per heavy atom. The van der Waals surface area contributed by atoms with E-state index in [-0.39, 0.29) is 12.4 Å². The third kappa shape index (κ3) is 4.94. The van der Waals surface area contributed by atoms with Crippen LogP contribution in [0.25, 0.3) is 0 Å². The average Bonchev–Trinajstić information content (AvgIpc) is 1.88. The third-order valence-electron chi connectivity index (χ3n) is 1.97. The van der Waals surface area contributed by atoms with E-state index in [2.05, 4.69) is 24.5 Å². The maximum absolute atomic E-state index is 4.37. The molecule has 11 heavy (non-hydrogen) atoms. The molecule has 0 amide bonds. The molecule has 1 nitrogen and oxygen atoms in total. The molecule has 1 aliphatic heterocycles. The molecule has 1 atom stereocenters. The van der Waals surface area contributed by atoms with Crippen molar-refractivity contribution < 1.29 is 0 Å². The largest absolute Gasteiger partial charge is 0.302 e. The molecular formula is C8H18ClNS. The van der Waals surface area contributed by atoms with E-state index in [0.717, 1.165) is 0 Å². The highest BCUT2D eigenvalue weighted by Gasteiger charge is 2.10. The van der Waals surface area contributed by atoms with Gasteiger partial charge in [-0.05, 0) is 25.9 Å². The molecule has 0 aromatic carbocycles. The molecule has 1 saturated heterocycles. The van der Waals surface area contributed by atoms with Gasteiger partial charge in [-0.1, -0.05) is 13.3 Å². The minimum absolute atomic E-state index is 0. The maximum atomic E-state index is 4.37. The first kappa shape index (κ1) is 11.6. The molecular weight excluding hydrogens is 178 g/mol. The van der Waals surface area contributed by atoms with E-state index in [9.17, 15) is 0 Å². The summed E-state index contributed by atoms with van der Waals surface area (Å²) in [5, 5.41) is 0.540. The number of thiol groups is 1. The van der Waals surface area contributed by atoms with Crippen molar-refractivity contribution in [2.24, 2.45) is 0 Å². The molecule has 0 aromatic rings. The van der Waals surface area contributed by atoms with Gasteiger partial charge >= 0.3 is 0 Å². The van der Waals surface area contributed by atoms with Crippen molar-refractivity contribution in [2.45, 2.75) is 31.4 Å². The first-order valence-corrected chi connectivity index (χ1v) is 4.71. The van der Waals surface area contributed by atoms with Crippen molar-refractivity contribution in [1.29, 1.82) is 0 Å². The molecule has 1 rings (SSSR count). The Labute approximate surface area is 81.4 Å². The average molecular weight is 196 g/mol. The fourth-order valence-electron chi connectivity index (χ4n) is 1.52. The number of piperidine rings is 1. The number of likely N-dealkylation sites (tertiary alicyclic amines) is 1. The van der Waals surface area contributed by atoms with E-state index in [1.807, 2.05) is 0 Å². The fraction of sp³-hybridized carbons (Fsp3) is 1.00. The van der Waals surface area contributed by atoms with Crippen molar-refractivity contribution in [3.63, 3.8) is 0 Å². The van der Waals surface area contributed by atoms with Gasteiger partial charge in [0.15, 0.2) is 0 Å². The zero-order chi connectivity index (χ0) is 7.40. The highest BCUT2D eigenvalue weighted by Crippen LogP contribution is 2.09. The van der Waals surface area contributed by atoms with Gasteiger partial charge in [-0.3, -0.25) is 0 Å². The van der Waals surface area contributed by atoms with E-state index >= 15 is 0 Å². The van der Waals surface area contributed by atoms with Crippen LogP contribution in [-0.2, 0) is 0 Å². The lowest BCUT2D eigenvalue weighted by molar-refractivity contribution is 0.232. The van der Waals surface area contributed by atoms with Crippen molar-refractivity contribution in [1.82, 2.24) is 4.90 Å². The SMILES string of the molecule is CC(S)CN1CCCCC1.Cl. The molecule has 1 unspecified atom stereocenters.